The molecular formula is C18H26N6O5S. The molecule has 0 aromatic carbocycles. The Bertz CT molecular complexity index is 918. The summed E-state index contributed by atoms with van der Waals surface area (Å²) in [4.78, 5) is 18.4. The third-order valence-corrected chi connectivity index (χ3v) is 6.30. The molecule has 0 atom stereocenters. The molecular weight excluding hydrogens is 412 g/mol. The van der Waals surface area contributed by atoms with Gasteiger partial charge in [-0.3, -0.25) is 9.79 Å². The lowest BCUT2D eigenvalue weighted by Gasteiger charge is -2.35. The van der Waals surface area contributed by atoms with Gasteiger partial charge in [0.15, 0.2) is 11.7 Å². The van der Waals surface area contributed by atoms with Gasteiger partial charge < -0.3 is 24.5 Å². The molecule has 1 fully saturated rings. The van der Waals surface area contributed by atoms with E-state index in [0.29, 0.717) is 57.5 Å². The number of furan rings is 1. The average molecular weight is 439 g/mol. The van der Waals surface area contributed by atoms with Gasteiger partial charge >= 0.3 is 0 Å². The fraction of sp³-hybridized carbons (Fsp3) is 0.500. The molecule has 0 bridgehead atoms. The first-order valence-corrected chi connectivity index (χ1v) is 11.3. The number of amides is 1. The second-order valence-electron chi connectivity index (χ2n) is 6.60. The molecule has 2 aromatic rings. The highest BCUT2D eigenvalue weighted by molar-refractivity contribution is 7.88. The van der Waals surface area contributed by atoms with E-state index in [1.807, 2.05) is 11.8 Å². The van der Waals surface area contributed by atoms with Gasteiger partial charge in [-0.15, -0.1) is 0 Å². The molecule has 0 aliphatic carbocycles. The molecule has 1 saturated heterocycles. The summed E-state index contributed by atoms with van der Waals surface area (Å²) >= 11 is 0. The summed E-state index contributed by atoms with van der Waals surface area (Å²) in [6.45, 7) is 5.15. The molecule has 0 radical (unpaired) electrons. The fourth-order valence-corrected chi connectivity index (χ4v) is 4.45. The molecule has 2 N–H and O–H groups in total. The summed E-state index contributed by atoms with van der Waals surface area (Å²) < 4.78 is 36.3. The number of carbonyl (C=O) groups is 1. The zero-order valence-electron chi connectivity index (χ0n) is 16.8. The first kappa shape index (κ1) is 21.8. The Hall–Kier alpha value is -2.86. The van der Waals surface area contributed by atoms with Crippen LogP contribution in [-0.4, -0.2) is 80.5 Å². The Labute approximate surface area is 175 Å². The van der Waals surface area contributed by atoms with E-state index < -0.39 is 10.0 Å². The smallest absolute Gasteiger partial charge is 0.287 e. The number of nitrogens with zero attached hydrogens (tertiary/aromatic N) is 4. The summed E-state index contributed by atoms with van der Waals surface area (Å²) in [7, 11) is -3.45. The predicted octanol–water partition coefficient (Wildman–Crippen LogP) is 0.111. The first-order valence-electron chi connectivity index (χ1n) is 9.71. The molecule has 1 amide bonds. The van der Waals surface area contributed by atoms with E-state index in [1.54, 1.807) is 18.2 Å². The van der Waals surface area contributed by atoms with Gasteiger partial charge in [-0.05, 0) is 19.1 Å². The monoisotopic (exact) mass is 438 g/mol. The van der Waals surface area contributed by atoms with Crippen LogP contribution >= 0.6 is 0 Å². The van der Waals surface area contributed by atoms with Crippen molar-refractivity contribution in [1.29, 1.82) is 0 Å². The number of hydrogen-bond acceptors (Lipinski definition) is 7. The predicted molar refractivity (Wildman–Crippen MR) is 109 cm³/mol. The van der Waals surface area contributed by atoms with Crippen LogP contribution in [0, 0.1) is 0 Å². The zero-order valence-corrected chi connectivity index (χ0v) is 17.6. The molecule has 12 heteroatoms. The molecule has 3 rings (SSSR count). The molecule has 1 aliphatic heterocycles. The largest absolute Gasteiger partial charge is 0.459 e. The Morgan fingerprint density at radius 3 is 2.63 bits per heavy atom. The fourth-order valence-electron chi connectivity index (χ4n) is 3.02. The summed E-state index contributed by atoms with van der Waals surface area (Å²) in [5.41, 5.74) is 0.393. The van der Waals surface area contributed by atoms with Crippen molar-refractivity contribution in [3.05, 3.63) is 42.2 Å². The molecule has 0 spiro atoms. The summed E-state index contributed by atoms with van der Waals surface area (Å²) in [5.74, 6) is 0.491. The van der Waals surface area contributed by atoms with Crippen molar-refractivity contribution in [1.82, 2.24) is 25.0 Å². The van der Waals surface area contributed by atoms with Crippen LogP contribution in [0.4, 0.5) is 0 Å². The number of hydrogen-bond donors (Lipinski definition) is 2. The quantitative estimate of drug-likeness (QED) is 0.337. The van der Waals surface area contributed by atoms with Gasteiger partial charge in [-0.2, -0.15) is 4.31 Å². The number of sulfonamides is 1. The van der Waals surface area contributed by atoms with Gasteiger partial charge in [0.1, 0.15) is 12.0 Å². The van der Waals surface area contributed by atoms with Crippen molar-refractivity contribution in [2.75, 3.05) is 45.8 Å². The SMILES string of the molecule is CCNC(=NCCNC(=O)c1ccco1)N1CCN(S(=O)(=O)Cc2ccon2)CC1. The van der Waals surface area contributed by atoms with Crippen molar-refractivity contribution >= 4 is 21.9 Å². The van der Waals surface area contributed by atoms with E-state index in [2.05, 4.69) is 20.8 Å². The van der Waals surface area contributed by atoms with Crippen LogP contribution in [0.15, 0.2) is 44.7 Å². The van der Waals surface area contributed by atoms with Gasteiger partial charge in [-0.1, -0.05) is 5.16 Å². The van der Waals surface area contributed by atoms with Crippen LogP contribution in [-0.2, 0) is 15.8 Å². The highest BCUT2D eigenvalue weighted by Crippen LogP contribution is 2.13. The number of nitrogens with one attached hydrogen (secondary N) is 2. The minimum absolute atomic E-state index is 0.174. The zero-order chi connectivity index (χ0) is 21.4. The molecule has 0 unspecified atom stereocenters. The van der Waals surface area contributed by atoms with Crippen molar-refractivity contribution in [2.24, 2.45) is 4.99 Å². The number of carbonyl (C=O) groups excluding carboxylic acids is 1. The van der Waals surface area contributed by atoms with Crippen molar-refractivity contribution in [2.45, 2.75) is 12.7 Å². The molecule has 3 heterocycles. The topological polar surface area (TPSA) is 133 Å². The number of piperazine rings is 1. The molecule has 30 heavy (non-hydrogen) atoms. The number of aromatic nitrogens is 1. The minimum Gasteiger partial charge on any atom is -0.459 e. The van der Waals surface area contributed by atoms with Crippen LogP contribution < -0.4 is 10.6 Å². The summed E-state index contributed by atoms with van der Waals surface area (Å²) in [6, 6.07) is 4.80. The van der Waals surface area contributed by atoms with E-state index in [0.717, 1.165) is 0 Å². The molecule has 0 saturated carbocycles. The van der Waals surface area contributed by atoms with Gasteiger partial charge in [-0.25, -0.2) is 8.42 Å². The number of rotatable bonds is 8. The Morgan fingerprint density at radius 2 is 2.00 bits per heavy atom. The van der Waals surface area contributed by atoms with Crippen LogP contribution in [0.3, 0.4) is 0 Å². The Balaban J connectivity index is 1.49. The second-order valence-corrected chi connectivity index (χ2v) is 8.57. The average Bonchev–Trinajstić information content (AvgIpc) is 3.44. The Kier molecular flexibility index (Phi) is 7.46. The normalized spacial score (nSPS) is 15.9. The standard InChI is InChI=1S/C18H26N6O5S/c1-2-19-18(21-7-6-20-17(25)16-4-3-12-28-16)23-8-10-24(11-9-23)30(26,27)14-15-5-13-29-22-15/h3-5,12-13H,2,6-11,14H2,1H3,(H,19,21)(H,20,25). The molecule has 1 aliphatic rings. The van der Waals surface area contributed by atoms with E-state index in [1.165, 1.54) is 16.8 Å². The van der Waals surface area contributed by atoms with E-state index in [-0.39, 0.29) is 17.4 Å². The van der Waals surface area contributed by atoms with Gasteiger partial charge in [0.25, 0.3) is 5.91 Å². The van der Waals surface area contributed by atoms with E-state index in [4.69, 9.17) is 8.94 Å². The van der Waals surface area contributed by atoms with E-state index >= 15 is 0 Å². The van der Waals surface area contributed by atoms with Crippen LogP contribution in [0.5, 0.6) is 0 Å². The first-order chi connectivity index (χ1) is 14.5. The molecule has 2 aromatic heterocycles. The second kappa shape index (κ2) is 10.3. The van der Waals surface area contributed by atoms with Crippen LogP contribution in [0.2, 0.25) is 0 Å². The Morgan fingerprint density at radius 1 is 1.20 bits per heavy atom. The van der Waals surface area contributed by atoms with Gasteiger partial charge in [0, 0.05) is 45.3 Å². The highest BCUT2D eigenvalue weighted by atomic mass is 32.2. The van der Waals surface area contributed by atoms with Gasteiger partial charge in [0.05, 0.1) is 18.5 Å². The highest BCUT2D eigenvalue weighted by Gasteiger charge is 2.29. The molecule has 11 nitrogen and oxygen atoms in total. The summed E-state index contributed by atoms with van der Waals surface area (Å²) in [5, 5.41) is 9.64. The minimum atomic E-state index is -3.45. The van der Waals surface area contributed by atoms with Crippen molar-refractivity contribution < 1.29 is 22.2 Å². The van der Waals surface area contributed by atoms with Crippen LogP contribution in [0.25, 0.3) is 0 Å². The van der Waals surface area contributed by atoms with Crippen LogP contribution in [0.1, 0.15) is 23.2 Å². The van der Waals surface area contributed by atoms with E-state index in [9.17, 15) is 13.2 Å². The lowest BCUT2D eigenvalue weighted by Crippen LogP contribution is -2.54. The molecule has 164 valence electrons. The third-order valence-electron chi connectivity index (χ3n) is 4.49. The summed E-state index contributed by atoms with van der Waals surface area (Å²) in [6.07, 6.45) is 2.81. The maximum Gasteiger partial charge on any atom is 0.287 e. The third kappa shape index (κ3) is 5.83. The lowest BCUT2D eigenvalue weighted by atomic mass is 10.4. The number of guanidine groups is 1. The number of aliphatic imine (C=N–C) groups is 1. The van der Waals surface area contributed by atoms with Gasteiger partial charge in [0.2, 0.25) is 10.0 Å². The maximum absolute atomic E-state index is 12.6. The lowest BCUT2D eigenvalue weighted by molar-refractivity contribution is 0.0927. The van der Waals surface area contributed by atoms with Crippen molar-refractivity contribution in [3.8, 4) is 0 Å². The maximum atomic E-state index is 12.6. The van der Waals surface area contributed by atoms with Crippen molar-refractivity contribution in [3.63, 3.8) is 0 Å².